The molecule has 0 aromatic rings. The highest BCUT2D eigenvalue weighted by Crippen LogP contribution is 2.35. The van der Waals surface area contributed by atoms with E-state index in [4.69, 9.17) is 11.5 Å². The molecule has 0 radical (unpaired) electrons. The highest BCUT2D eigenvalue weighted by atomic mass is 32.2. The van der Waals surface area contributed by atoms with Gasteiger partial charge in [0.1, 0.15) is 0 Å². The minimum Gasteiger partial charge on any atom is -0.330 e. The van der Waals surface area contributed by atoms with Crippen molar-refractivity contribution in [3.8, 4) is 0 Å². The lowest BCUT2D eigenvalue weighted by Gasteiger charge is -2.30. The molecule has 1 rings (SSSR count). The van der Waals surface area contributed by atoms with E-state index >= 15 is 0 Å². The van der Waals surface area contributed by atoms with Gasteiger partial charge in [0.15, 0.2) is 0 Å². The lowest BCUT2D eigenvalue weighted by molar-refractivity contribution is 0.527. The van der Waals surface area contributed by atoms with Crippen molar-refractivity contribution in [2.75, 3.05) is 24.6 Å². The van der Waals surface area contributed by atoms with Crippen LogP contribution in [0.1, 0.15) is 25.7 Å². The van der Waals surface area contributed by atoms with Crippen LogP contribution in [0.4, 0.5) is 0 Å². The molecule has 4 N–H and O–H groups in total. The molecule has 0 heterocycles. The van der Waals surface area contributed by atoms with Crippen LogP contribution in [0.3, 0.4) is 0 Å². The summed E-state index contributed by atoms with van der Waals surface area (Å²) in [4.78, 5) is 0. The summed E-state index contributed by atoms with van der Waals surface area (Å²) in [5, 5.41) is 1.67. The highest BCUT2D eigenvalue weighted by molar-refractivity contribution is 8.03. The highest BCUT2D eigenvalue weighted by Gasteiger charge is 2.24. The lowest BCUT2D eigenvalue weighted by atomic mass is 10.00. The maximum Gasteiger partial charge on any atom is 0.0166 e. The normalized spacial score (nSPS) is 27.9. The van der Waals surface area contributed by atoms with Gasteiger partial charge in [0.05, 0.1) is 0 Å². The predicted molar refractivity (Wildman–Crippen MR) is 69.1 cm³/mol. The van der Waals surface area contributed by atoms with Crippen LogP contribution >= 0.6 is 23.5 Å². The van der Waals surface area contributed by atoms with Crippen LogP contribution in [-0.2, 0) is 0 Å². The quantitative estimate of drug-likeness (QED) is 0.734. The molecule has 4 heteroatoms. The molecular weight excluding hydrogens is 212 g/mol. The third-order valence-electron chi connectivity index (χ3n) is 2.54. The van der Waals surface area contributed by atoms with Crippen molar-refractivity contribution in [1.29, 1.82) is 0 Å². The van der Waals surface area contributed by atoms with E-state index in [1.807, 2.05) is 0 Å². The molecule has 0 aliphatic heterocycles. The molecule has 0 unspecified atom stereocenters. The van der Waals surface area contributed by atoms with E-state index in [0.29, 0.717) is 0 Å². The number of hydrogen-bond acceptors (Lipinski definition) is 4. The minimum absolute atomic E-state index is 0.815. The third-order valence-corrected chi connectivity index (χ3v) is 5.64. The van der Waals surface area contributed by atoms with Gasteiger partial charge in [0, 0.05) is 35.1 Å². The van der Waals surface area contributed by atoms with E-state index in [0.717, 1.165) is 35.1 Å². The second kappa shape index (κ2) is 7.85. The van der Waals surface area contributed by atoms with Gasteiger partial charge >= 0.3 is 0 Å². The standard InChI is InChI=1S/C10H22N2S2/c11-5-7-13-9-3-1-2-4-10(9)14-8-6-12/h9-10H,1-8,11-12H2/t9-,10-/m0/s1. The van der Waals surface area contributed by atoms with Crippen molar-refractivity contribution in [3.63, 3.8) is 0 Å². The van der Waals surface area contributed by atoms with Crippen molar-refractivity contribution in [1.82, 2.24) is 0 Å². The van der Waals surface area contributed by atoms with Crippen molar-refractivity contribution >= 4 is 23.5 Å². The first-order chi connectivity index (χ1) is 6.88. The van der Waals surface area contributed by atoms with E-state index in [2.05, 4.69) is 23.5 Å². The summed E-state index contributed by atoms with van der Waals surface area (Å²) < 4.78 is 0. The number of nitrogens with two attached hydrogens (primary N) is 2. The first-order valence-corrected chi connectivity index (χ1v) is 7.61. The lowest BCUT2D eigenvalue weighted by Crippen LogP contribution is -2.26. The van der Waals surface area contributed by atoms with Gasteiger partial charge in [-0.2, -0.15) is 23.5 Å². The predicted octanol–water partition coefficient (Wildman–Crippen LogP) is 1.68. The van der Waals surface area contributed by atoms with Crippen molar-refractivity contribution in [2.24, 2.45) is 11.5 Å². The third kappa shape index (κ3) is 4.43. The Labute approximate surface area is 95.9 Å². The number of hydrogen-bond donors (Lipinski definition) is 2. The van der Waals surface area contributed by atoms with Gasteiger partial charge in [0.25, 0.3) is 0 Å². The van der Waals surface area contributed by atoms with E-state index in [9.17, 15) is 0 Å². The molecule has 1 saturated carbocycles. The van der Waals surface area contributed by atoms with E-state index in [1.165, 1.54) is 25.7 Å². The molecule has 2 nitrogen and oxygen atoms in total. The summed E-state index contributed by atoms with van der Waals surface area (Å²) in [6, 6.07) is 0. The molecule has 0 saturated heterocycles. The molecule has 0 aromatic carbocycles. The van der Waals surface area contributed by atoms with Crippen LogP contribution in [-0.4, -0.2) is 35.1 Å². The van der Waals surface area contributed by atoms with E-state index < -0.39 is 0 Å². The molecule has 2 atom stereocenters. The number of thioether (sulfide) groups is 2. The SMILES string of the molecule is NCCS[C@H]1CCCC[C@@H]1SCCN. The molecule has 84 valence electrons. The Balaban J connectivity index is 2.26. The summed E-state index contributed by atoms with van der Waals surface area (Å²) in [6.07, 6.45) is 5.57. The van der Waals surface area contributed by atoms with Crippen LogP contribution in [0.25, 0.3) is 0 Å². The zero-order chi connectivity index (χ0) is 10.2. The summed E-state index contributed by atoms with van der Waals surface area (Å²) in [5.41, 5.74) is 11.1. The van der Waals surface area contributed by atoms with Crippen molar-refractivity contribution < 1.29 is 0 Å². The van der Waals surface area contributed by atoms with Crippen LogP contribution < -0.4 is 11.5 Å². The van der Waals surface area contributed by atoms with Gasteiger partial charge in [-0.25, -0.2) is 0 Å². The molecule has 1 aliphatic carbocycles. The Hall–Kier alpha value is 0.620. The molecule has 0 bridgehead atoms. The average molecular weight is 234 g/mol. The maximum atomic E-state index is 5.54. The zero-order valence-electron chi connectivity index (χ0n) is 8.78. The number of rotatable bonds is 6. The molecule has 1 aliphatic rings. The van der Waals surface area contributed by atoms with E-state index in [1.54, 1.807) is 0 Å². The van der Waals surface area contributed by atoms with Gasteiger partial charge in [-0.1, -0.05) is 12.8 Å². The fraction of sp³-hybridized carbons (Fsp3) is 1.00. The van der Waals surface area contributed by atoms with Gasteiger partial charge in [0.2, 0.25) is 0 Å². The maximum absolute atomic E-state index is 5.54. The molecule has 14 heavy (non-hydrogen) atoms. The van der Waals surface area contributed by atoms with Crippen LogP contribution in [0.15, 0.2) is 0 Å². The second-order valence-electron chi connectivity index (χ2n) is 3.68. The smallest absolute Gasteiger partial charge is 0.0166 e. The van der Waals surface area contributed by atoms with Crippen molar-refractivity contribution in [3.05, 3.63) is 0 Å². The first-order valence-electron chi connectivity index (χ1n) is 5.52. The Morgan fingerprint density at radius 2 is 1.29 bits per heavy atom. The molecule has 0 aromatic heterocycles. The Morgan fingerprint density at radius 3 is 1.64 bits per heavy atom. The zero-order valence-corrected chi connectivity index (χ0v) is 10.4. The molecule has 1 fully saturated rings. The van der Waals surface area contributed by atoms with Crippen LogP contribution in [0.2, 0.25) is 0 Å². The molecule has 0 amide bonds. The summed E-state index contributed by atoms with van der Waals surface area (Å²) >= 11 is 4.14. The Kier molecular flexibility index (Phi) is 7.12. The van der Waals surface area contributed by atoms with Crippen molar-refractivity contribution in [2.45, 2.75) is 36.2 Å². The summed E-state index contributed by atoms with van der Waals surface area (Å²) in [7, 11) is 0. The fourth-order valence-electron chi connectivity index (χ4n) is 1.88. The summed E-state index contributed by atoms with van der Waals surface area (Å²) in [5.74, 6) is 2.23. The van der Waals surface area contributed by atoms with E-state index in [-0.39, 0.29) is 0 Å². The minimum atomic E-state index is 0.815. The second-order valence-corrected chi connectivity index (χ2v) is 6.37. The topological polar surface area (TPSA) is 52.0 Å². The van der Waals surface area contributed by atoms with Gasteiger partial charge in [-0.3, -0.25) is 0 Å². The largest absolute Gasteiger partial charge is 0.330 e. The average Bonchev–Trinajstić information content (AvgIpc) is 2.24. The Bertz CT molecular complexity index is 128. The molecular formula is C10H22N2S2. The van der Waals surface area contributed by atoms with Crippen LogP contribution in [0.5, 0.6) is 0 Å². The van der Waals surface area contributed by atoms with Gasteiger partial charge in [-0.15, -0.1) is 0 Å². The van der Waals surface area contributed by atoms with Gasteiger partial charge in [-0.05, 0) is 12.8 Å². The Morgan fingerprint density at radius 1 is 0.857 bits per heavy atom. The summed E-state index contributed by atoms with van der Waals surface area (Å²) in [6.45, 7) is 1.63. The first kappa shape index (κ1) is 12.7. The monoisotopic (exact) mass is 234 g/mol. The fourth-order valence-corrected chi connectivity index (χ4v) is 4.60. The van der Waals surface area contributed by atoms with Crippen LogP contribution in [0, 0.1) is 0 Å². The van der Waals surface area contributed by atoms with Gasteiger partial charge < -0.3 is 11.5 Å². The molecule has 0 spiro atoms.